The number of H-pyrrole nitrogens is 1. The first-order valence-electron chi connectivity index (χ1n) is 7.90. The summed E-state index contributed by atoms with van der Waals surface area (Å²) in [5.74, 6) is 0.624. The highest BCUT2D eigenvalue weighted by molar-refractivity contribution is 5.77. The molecule has 0 bridgehead atoms. The van der Waals surface area contributed by atoms with Gasteiger partial charge in [0, 0.05) is 19.1 Å². The Morgan fingerprint density at radius 1 is 1.38 bits per heavy atom. The van der Waals surface area contributed by atoms with Gasteiger partial charge < -0.3 is 15.2 Å². The summed E-state index contributed by atoms with van der Waals surface area (Å²) in [6.07, 6.45) is 4.85. The maximum atomic E-state index is 13.3. The molecular formula is C16H23FN4. The fourth-order valence-electron chi connectivity index (χ4n) is 3.02. The van der Waals surface area contributed by atoms with E-state index in [4.69, 9.17) is 0 Å². The van der Waals surface area contributed by atoms with Gasteiger partial charge in [-0.3, -0.25) is 0 Å². The van der Waals surface area contributed by atoms with Gasteiger partial charge in [-0.1, -0.05) is 13.3 Å². The van der Waals surface area contributed by atoms with Gasteiger partial charge in [-0.2, -0.15) is 0 Å². The van der Waals surface area contributed by atoms with Crippen molar-refractivity contribution >= 4 is 17.0 Å². The highest BCUT2D eigenvalue weighted by Gasteiger charge is 2.18. The van der Waals surface area contributed by atoms with Crippen LogP contribution in [-0.4, -0.2) is 35.6 Å². The van der Waals surface area contributed by atoms with Crippen molar-refractivity contribution in [3.05, 3.63) is 24.0 Å². The number of imidazole rings is 1. The monoisotopic (exact) mass is 290 g/mol. The molecule has 0 spiro atoms. The van der Waals surface area contributed by atoms with Crippen molar-refractivity contribution in [1.82, 2.24) is 15.3 Å². The van der Waals surface area contributed by atoms with E-state index in [-0.39, 0.29) is 5.82 Å². The largest absolute Gasteiger partial charge is 0.341 e. The van der Waals surface area contributed by atoms with Crippen LogP contribution < -0.4 is 10.2 Å². The molecule has 1 unspecified atom stereocenters. The van der Waals surface area contributed by atoms with Crippen molar-refractivity contribution in [2.24, 2.45) is 0 Å². The number of benzene rings is 1. The van der Waals surface area contributed by atoms with Crippen LogP contribution in [0.2, 0.25) is 0 Å². The molecule has 5 heteroatoms. The number of hydrogen-bond donors (Lipinski definition) is 2. The zero-order valence-electron chi connectivity index (χ0n) is 12.5. The lowest BCUT2D eigenvalue weighted by molar-refractivity contribution is 0.398. The van der Waals surface area contributed by atoms with Crippen molar-refractivity contribution in [3.8, 4) is 0 Å². The second-order valence-corrected chi connectivity index (χ2v) is 5.81. The normalized spacial score (nSPS) is 19.0. The minimum absolute atomic E-state index is 0.228. The predicted octanol–water partition coefficient (Wildman–Crippen LogP) is 3.06. The smallest absolute Gasteiger partial charge is 0.203 e. The number of fused-ring (bicyclic) bond motifs is 1. The number of hydrogen-bond acceptors (Lipinski definition) is 3. The summed E-state index contributed by atoms with van der Waals surface area (Å²) < 4.78 is 13.3. The molecule has 2 heterocycles. The summed E-state index contributed by atoms with van der Waals surface area (Å²) >= 11 is 0. The third-order valence-electron chi connectivity index (χ3n) is 4.08. The van der Waals surface area contributed by atoms with Crippen LogP contribution in [0.3, 0.4) is 0 Å². The molecular weight excluding hydrogens is 267 g/mol. The highest BCUT2D eigenvalue weighted by Crippen LogP contribution is 2.20. The summed E-state index contributed by atoms with van der Waals surface area (Å²) in [7, 11) is 0. The van der Waals surface area contributed by atoms with Gasteiger partial charge in [0.1, 0.15) is 5.82 Å². The van der Waals surface area contributed by atoms with E-state index in [1.54, 1.807) is 6.07 Å². The molecule has 0 amide bonds. The van der Waals surface area contributed by atoms with Crippen LogP contribution >= 0.6 is 0 Å². The Bertz CT molecular complexity index is 589. The Morgan fingerprint density at radius 2 is 2.29 bits per heavy atom. The fraction of sp³-hybridized carbons (Fsp3) is 0.562. The second kappa shape index (κ2) is 6.43. The van der Waals surface area contributed by atoms with Crippen LogP contribution in [0.5, 0.6) is 0 Å². The zero-order chi connectivity index (χ0) is 14.7. The average Bonchev–Trinajstić information content (AvgIpc) is 2.91. The molecule has 1 fully saturated rings. The Kier molecular flexibility index (Phi) is 4.39. The number of anilines is 1. The van der Waals surface area contributed by atoms with Crippen LogP contribution in [0, 0.1) is 5.82 Å². The minimum atomic E-state index is -0.228. The van der Waals surface area contributed by atoms with E-state index < -0.39 is 0 Å². The van der Waals surface area contributed by atoms with Gasteiger partial charge in [0.25, 0.3) is 0 Å². The van der Waals surface area contributed by atoms with Gasteiger partial charge in [0.2, 0.25) is 5.95 Å². The number of nitrogens with one attached hydrogen (secondary N) is 2. The number of nitrogens with zero attached hydrogens (tertiary/aromatic N) is 2. The van der Waals surface area contributed by atoms with Gasteiger partial charge in [0.15, 0.2) is 0 Å². The molecule has 3 rings (SSSR count). The maximum absolute atomic E-state index is 13.3. The molecule has 1 aliphatic rings. The highest BCUT2D eigenvalue weighted by atomic mass is 19.1. The number of rotatable bonds is 5. The van der Waals surface area contributed by atoms with E-state index in [9.17, 15) is 4.39 Å². The van der Waals surface area contributed by atoms with Crippen molar-refractivity contribution < 1.29 is 4.39 Å². The number of aromatic amines is 1. The quantitative estimate of drug-likeness (QED) is 0.889. The van der Waals surface area contributed by atoms with Gasteiger partial charge in [-0.25, -0.2) is 9.37 Å². The Balaban J connectivity index is 1.80. The van der Waals surface area contributed by atoms with E-state index in [2.05, 4.69) is 27.1 Å². The summed E-state index contributed by atoms with van der Waals surface area (Å²) in [5.41, 5.74) is 1.59. The van der Waals surface area contributed by atoms with Crippen molar-refractivity contribution in [1.29, 1.82) is 0 Å². The lowest BCUT2D eigenvalue weighted by Gasteiger charge is -2.30. The minimum Gasteiger partial charge on any atom is -0.341 e. The molecule has 2 aromatic rings. The van der Waals surface area contributed by atoms with Crippen molar-refractivity contribution in [3.63, 3.8) is 0 Å². The first-order valence-corrected chi connectivity index (χ1v) is 7.90. The van der Waals surface area contributed by atoms with Crippen LogP contribution in [0.1, 0.15) is 32.6 Å². The van der Waals surface area contributed by atoms with Gasteiger partial charge in [-0.05, 0) is 44.0 Å². The van der Waals surface area contributed by atoms with Crippen LogP contribution in [0.25, 0.3) is 11.0 Å². The molecule has 0 radical (unpaired) electrons. The topological polar surface area (TPSA) is 44.0 Å². The van der Waals surface area contributed by atoms with Crippen molar-refractivity contribution in [2.75, 3.05) is 24.5 Å². The second-order valence-electron chi connectivity index (χ2n) is 5.81. The van der Waals surface area contributed by atoms with Crippen LogP contribution in [-0.2, 0) is 0 Å². The Labute approximate surface area is 124 Å². The predicted molar refractivity (Wildman–Crippen MR) is 84.2 cm³/mol. The summed E-state index contributed by atoms with van der Waals surface area (Å²) in [5, 5.41) is 3.58. The van der Waals surface area contributed by atoms with E-state index in [0.29, 0.717) is 6.04 Å². The van der Waals surface area contributed by atoms with E-state index in [1.165, 1.54) is 31.4 Å². The molecule has 114 valence electrons. The van der Waals surface area contributed by atoms with Gasteiger partial charge in [0.05, 0.1) is 11.0 Å². The van der Waals surface area contributed by atoms with Gasteiger partial charge in [-0.15, -0.1) is 0 Å². The van der Waals surface area contributed by atoms with E-state index in [0.717, 1.165) is 43.0 Å². The average molecular weight is 290 g/mol. The lowest BCUT2D eigenvalue weighted by atomic mass is 10.0. The zero-order valence-corrected chi connectivity index (χ0v) is 12.5. The molecule has 1 atom stereocenters. The molecule has 4 nitrogen and oxygen atoms in total. The lowest BCUT2D eigenvalue weighted by Crippen LogP contribution is -2.44. The van der Waals surface area contributed by atoms with Crippen LogP contribution in [0.4, 0.5) is 10.3 Å². The first kappa shape index (κ1) is 14.3. The summed E-state index contributed by atoms with van der Waals surface area (Å²) in [4.78, 5) is 10.2. The molecule has 0 aliphatic carbocycles. The Hall–Kier alpha value is -1.62. The molecule has 0 saturated carbocycles. The Morgan fingerprint density at radius 3 is 3.05 bits per heavy atom. The number of aromatic nitrogens is 2. The maximum Gasteiger partial charge on any atom is 0.203 e. The summed E-state index contributed by atoms with van der Waals surface area (Å²) in [6, 6.07) is 5.22. The number of piperidine rings is 1. The van der Waals surface area contributed by atoms with E-state index in [1.807, 2.05) is 0 Å². The SMILES string of the molecule is CCCN(CC1CCCCN1)c1nc2ccc(F)cc2[nH]1. The van der Waals surface area contributed by atoms with Crippen LogP contribution in [0.15, 0.2) is 18.2 Å². The van der Waals surface area contributed by atoms with Gasteiger partial charge >= 0.3 is 0 Å². The molecule has 2 N–H and O–H groups in total. The standard InChI is InChI=1S/C16H23FN4/c1-2-9-21(11-13-5-3-4-8-18-13)16-19-14-7-6-12(17)10-15(14)20-16/h6-7,10,13,18H,2-5,8-9,11H2,1H3,(H,19,20). The number of halogens is 1. The first-order chi connectivity index (χ1) is 10.3. The van der Waals surface area contributed by atoms with E-state index >= 15 is 0 Å². The molecule has 1 aromatic heterocycles. The molecule has 1 aromatic carbocycles. The third-order valence-corrected chi connectivity index (χ3v) is 4.08. The fourth-order valence-corrected chi connectivity index (χ4v) is 3.02. The third kappa shape index (κ3) is 3.35. The molecule has 21 heavy (non-hydrogen) atoms. The molecule has 1 aliphatic heterocycles. The molecule has 1 saturated heterocycles. The van der Waals surface area contributed by atoms with Crippen molar-refractivity contribution in [2.45, 2.75) is 38.6 Å². The summed E-state index contributed by atoms with van der Waals surface area (Å²) in [6.45, 7) is 5.19.